The van der Waals surface area contributed by atoms with Crippen LogP contribution >= 0.6 is 0 Å². The van der Waals surface area contributed by atoms with Crippen LogP contribution in [0.4, 0.5) is 5.82 Å². The summed E-state index contributed by atoms with van der Waals surface area (Å²) < 4.78 is 2.10. The summed E-state index contributed by atoms with van der Waals surface area (Å²) in [5, 5.41) is 0. The molecule has 0 radical (unpaired) electrons. The summed E-state index contributed by atoms with van der Waals surface area (Å²) in [6.07, 6.45) is 1.10. The van der Waals surface area contributed by atoms with E-state index in [0.29, 0.717) is 5.92 Å². The summed E-state index contributed by atoms with van der Waals surface area (Å²) in [4.78, 5) is 4.68. The number of nitrogens with two attached hydrogens (primary N) is 1. The van der Waals surface area contributed by atoms with Crippen molar-refractivity contribution in [3.8, 4) is 11.3 Å². The van der Waals surface area contributed by atoms with Crippen molar-refractivity contribution in [3.05, 3.63) is 35.7 Å². The van der Waals surface area contributed by atoms with E-state index >= 15 is 0 Å². The Kier molecular flexibility index (Phi) is 4.13. The molecule has 0 aliphatic heterocycles. The Morgan fingerprint density at radius 2 is 1.71 bits per heavy atom. The van der Waals surface area contributed by atoms with Crippen LogP contribution in [0.15, 0.2) is 24.3 Å². The quantitative estimate of drug-likeness (QED) is 0.908. The summed E-state index contributed by atoms with van der Waals surface area (Å²) in [7, 11) is 0. The average molecular weight is 285 g/mol. The van der Waals surface area contributed by atoms with Crippen LogP contribution in [0.5, 0.6) is 0 Å². The Morgan fingerprint density at radius 3 is 2.14 bits per heavy atom. The largest absolute Gasteiger partial charge is 0.383 e. The van der Waals surface area contributed by atoms with Gasteiger partial charge in [-0.05, 0) is 45.6 Å². The zero-order chi connectivity index (χ0) is 15.8. The molecule has 1 aromatic heterocycles. The van der Waals surface area contributed by atoms with Crippen molar-refractivity contribution in [1.82, 2.24) is 9.55 Å². The fourth-order valence-corrected chi connectivity index (χ4v) is 2.88. The van der Waals surface area contributed by atoms with E-state index in [1.165, 1.54) is 5.56 Å². The SMILES string of the molecule is Cc1nc(-c2ccc(CC(C)C)cc2)c(N)n1C(C)(C)C. The molecule has 0 aliphatic rings. The van der Waals surface area contributed by atoms with Crippen molar-refractivity contribution in [2.24, 2.45) is 5.92 Å². The first-order valence-corrected chi connectivity index (χ1v) is 7.64. The van der Waals surface area contributed by atoms with Crippen molar-refractivity contribution in [3.63, 3.8) is 0 Å². The molecule has 0 saturated carbocycles. The minimum Gasteiger partial charge on any atom is -0.383 e. The highest BCUT2D eigenvalue weighted by molar-refractivity contribution is 5.71. The van der Waals surface area contributed by atoms with Gasteiger partial charge in [0, 0.05) is 11.1 Å². The predicted octanol–water partition coefficient (Wildman–Crippen LogP) is 4.39. The molecule has 21 heavy (non-hydrogen) atoms. The van der Waals surface area contributed by atoms with E-state index in [-0.39, 0.29) is 5.54 Å². The number of benzene rings is 1. The van der Waals surface area contributed by atoms with E-state index < -0.39 is 0 Å². The number of rotatable bonds is 3. The molecule has 1 aromatic carbocycles. The highest BCUT2D eigenvalue weighted by atomic mass is 15.2. The molecular weight excluding hydrogens is 258 g/mol. The lowest BCUT2D eigenvalue weighted by atomic mass is 10.0. The zero-order valence-electron chi connectivity index (χ0n) is 14.1. The second-order valence-electron chi connectivity index (χ2n) is 7.19. The van der Waals surface area contributed by atoms with E-state index in [2.05, 4.69) is 68.4 Å². The molecule has 0 saturated heterocycles. The molecule has 0 fully saturated rings. The molecule has 2 aromatic rings. The molecule has 2 N–H and O–H groups in total. The first kappa shape index (κ1) is 15.6. The lowest BCUT2D eigenvalue weighted by Crippen LogP contribution is -2.24. The molecule has 1 heterocycles. The highest BCUT2D eigenvalue weighted by Crippen LogP contribution is 2.31. The smallest absolute Gasteiger partial charge is 0.132 e. The van der Waals surface area contributed by atoms with Crippen molar-refractivity contribution in [2.75, 3.05) is 5.73 Å². The Morgan fingerprint density at radius 1 is 1.14 bits per heavy atom. The fourth-order valence-electron chi connectivity index (χ4n) is 2.88. The Bertz CT molecular complexity index is 613. The monoisotopic (exact) mass is 285 g/mol. The van der Waals surface area contributed by atoms with Crippen molar-refractivity contribution in [1.29, 1.82) is 0 Å². The third-order valence-corrected chi connectivity index (χ3v) is 3.62. The van der Waals surface area contributed by atoms with Gasteiger partial charge in [-0.1, -0.05) is 38.1 Å². The molecule has 3 nitrogen and oxygen atoms in total. The van der Waals surface area contributed by atoms with Gasteiger partial charge in [0.05, 0.1) is 0 Å². The number of hydrogen-bond donors (Lipinski definition) is 1. The summed E-state index contributed by atoms with van der Waals surface area (Å²) in [6, 6.07) is 8.62. The third kappa shape index (κ3) is 3.29. The summed E-state index contributed by atoms with van der Waals surface area (Å²) >= 11 is 0. The summed E-state index contributed by atoms with van der Waals surface area (Å²) in [5.74, 6) is 2.38. The van der Waals surface area contributed by atoms with Crippen LogP contribution in [0, 0.1) is 12.8 Å². The maximum absolute atomic E-state index is 6.34. The molecule has 3 heteroatoms. The van der Waals surface area contributed by atoms with Gasteiger partial charge in [0.25, 0.3) is 0 Å². The van der Waals surface area contributed by atoms with Gasteiger partial charge in [-0.25, -0.2) is 4.98 Å². The van der Waals surface area contributed by atoms with Gasteiger partial charge in [-0.2, -0.15) is 0 Å². The minimum atomic E-state index is -0.0585. The van der Waals surface area contributed by atoms with Gasteiger partial charge >= 0.3 is 0 Å². The number of hydrogen-bond acceptors (Lipinski definition) is 2. The van der Waals surface area contributed by atoms with Crippen LogP contribution in [0.3, 0.4) is 0 Å². The molecule has 0 amide bonds. The van der Waals surface area contributed by atoms with Gasteiger partial charge in [0.2, 0.25) is 0 Å². The average Bonchev–Trinajstić information content (AvgIpc) is 2.64. The molecule has 0 atom stereocenters. The maximum Gasteiger partial charge on any atom is 0.132 e. The number of aromatic nitrogens is 2. The van der Waals surface area contributed by atoms with Crippen molar-refractivity contribution >= 4 is 5.82 Å². The van der Waals surface area contributed by atoms with Gasteiger partial charge in [-0.3, -0.25) is 0 Å². The second-order valence-corrected chi connectivity index (χ2v) is 7.19. The summed E-state index contributed by atoms with van der Waals surface area (Å²) in [5.41, 5.74) is 9.62. The molecule has 0 spiro atoms. The summed E-state index contributed by atoms with van der Waals surface area (Å²) in [6.45, 7) is 12.9. The topological polar surface area (TPSA) is 43.8 Å². The van der Waals surface area contributed by atoms with Crippen LogP contribution in [0.25, 0.3) is 11.3 Å². The van der Waals surface area contributed by atoms with E-state index in [9.17, 15) is 0 Å². The van der Waals surface area contributed by atoms with E-state index in [1.807, 2.05) is 6.92 Å². The molecular formula is C18H27N3. The highest BCUT2D eigenvalue weighted by Gasteiger charge is 2.22. The first-order chi connectivity index (χ1) is 9.70. The molecule has 114 valence electrons. The Labute approximate surface area is 128 Å². The molecule has 2 rings (SSSR count). The predicted molar refractivity (Wildman–Crippen MR) is 90.4 cm³/mol. The molecule has 0 bridgehead atoms. The van der Waals surface area contributed by atoms with Gasteiger partial charge in [-0.15, -0.1) is 0 Å². The minimum absolute atomic E-state index is 0.0585. The van der Waals surface area contributed by atoms with Gasteiger partial charge in [0.15, 0.2) is 0 Å². The van der Waals surface area contributed by atoms with Crippen molar-refractivity contribution < 1.29 is 0 Å². The zero-order valence-corrected chi connectivity index (χ0v) is 14.1. The molecule has 0 unspecified atom stereocenters. The van der Waals surface area contributed by atoms with Gasteiger partial charge in [0.1, 0.15) is 17.3 Å². The number of aryl methyl sites for hydroxylation is 1. The van der Waals surface area contributed by atoms with Crippen LogP contribution in [0.2, 0.25) is 0 Å². The lowest BCUT2D eigenvalue weighted by molar-refractivity contribution is 0.393. The first-order valence-electron chi connectivity index (χ1n) is 7.64. The maximum atomic E-state index is 6.34. The van der Waals surface area contributed by atoms with Crippen LogP contribution in [0.1, 0.15) is 46.0 Å². The van der Waals surface area contributed by atoms with Gasteiger partial charge < -0.3 is 10.3 Å². The number of nitrogen functional groups attached to an aromatic ring is 1. The number of anilines is 1. The second kappa shape index (κ2) is 5.55. The van der Waals surface area contributed by atoms with Crippen molar-refractivity contribution in [2.45, 2.75) is 53.5 Å². The fraction of sp³-hybridized carbons (Fsp3) is 0.500. The van der Waals surface area contributed by atoms with Crippen LogP contribution < -0.4 is 5.73 Å². The Hall–Kier alpha value is -1.77. The number of imidazole rings is 1. The van der Waals surface area contributed by atoms with Crippen LogP contribution in [-0.2, 0) is 12.0 Å². The standard InChI is InChI=1S/C18H27N3/c1-12(2)11-14-7-9-15(10-8-14)16-17(19)21(13(3)20-16)18(4,5)6/h7-10,12H,11,19H2,1-6H3. The van der Waals surface area contributed by atoms with E-state index in [4.69, 9.17) is 5.73 Å². The number of nitrogens with zero attached hydrogens (tertiary/aromatic N) is 2. The Balaban J connectivity index is 2.39. The van der Waals surface area contributed by atoms with Crippen LogP contribution in [-0.4, -0.2) is 9.55 Å². The van der Waals surface area contributed by atoms with E-state index in [1.54, 1.807) is 0 Å². The third-order valence-electron chi connectivity index (χ3n) is 3.62. The normalized spacial score (nSPS) is 12.1. The van der Waals surface area contributed by atoms with E-state index in [0.717, 1.165) is 29.3 Å². The lowest BCUT2D eigenvalue weighted by Gasteiger charge is -2.24. The molecule has 0 aliphatic carbocycles.